The van der Waals surface area contributed by atoms with Crippen molar-refractivity contribution in [3.05, 3.63) is 29.0 Å². The summed E-state index contributed by atoms with van der Waals surface area (Å²) in [4.78, 5) is 7.17. The molecule has 0 bridgehead atoms. The number of benzene rings is 1. The molecule has 1 saturated heterocycles. The lowest BCUT2D eigenvalue weighted by molar-refractivity contribution is 0.182. The molecule has 2 heterocycles. The van der Waals surface area contributed by atoms with Crippen molar-refractivity contribution in [1.29, 1.82) is 0 Å². The predicted molar refractivity (Wildman–Crippen MR) is 93.4 cm³/mol. The first-order valence-corrected chi connectivity index (χ1v) is 8.57. The van der Waals surface area contributed by atoms with Crippen LogP contribution in [0.15, 0.2) is 18.2 Å². The van der Waals surface area contributed by atoms with Crippen LogP contribution in [0.1, 0.15) is 31.2 Å². The van der Waals surface area contributed by atoms with Gasteiger partial charge >= 0.3 is 0 Å². The average Bonchev–Trinajstić information content (AvgIpc) is 2.70. The zero-order chi connectivity index (χ0) is 14.7. The van der Waals surface area contributed by atoms with E-state index in [2.05, 4.69) is 22.1 Å². The minimum atomic E-state index is -0.181. The molecular weight excluding hydrogens is 321 g/mol. The van der Waals surface area contributed by atoms with Crippen LogP contribution in [0, 0.1) is 5.82 Å². The van der Waals surface area contributed by atoms with Gasteiger partial charge in [-0.15, -0.1) is 23.7 Å². The van der Waals surface area contributed by atoms with E-state index in [1.165, 1.54) is 25.3 Å². The fraction of sp³-hybridized carbons (Fsp3) is 0.562. The summed E-state index contributed by atoms with van der Waals surface area (Å²) in [6.45, 7) is 6.36. The minimum Gasteiger partial charge on any atom is -0.317 e. The zero-order valence-corrected chi connectivity index (χ0v) is 14.5. The summed E-state index contributed by atoms with van der Waals surface area (Å²) in [7, 11) is 0. The summed E-state index contributed by atoms with van der Waals surface area (Å²) < 4.78 is 14.2. The van der Waals surface area contributed by atoms with Crippen LogP contribution in [0.2, 0.25) is 0 Å². The molecule has 2 aromatic rings. The van der Waals surface area contributed by atoms with Crippen molar-refractivity contribution >= 4 is 34.0 Å². The Balaban J connectivity index is 0.00000176. The number of hydrogen-bond donors (Lipinski definition) is 1. The standard InChI is InChI=1S/C16H22FN3S.ClH/c1-2-20(13-4-3-8-18-9-7-13)11-16-19-14-6-5-12(17)10-15(14)21-16;/h5-6,10,13,18H,2-4,7-9,11H2,1H3;1H. The number of hydrogen-bond acceptors (Lipinski definition) is 4. The van der Waals surface area contributed by atoms with Crippen molar-refractivity contribution < 1.29 is 4.39 Å². The van der Waals surface area contributed by atoms with Gasteiger partial charge in [-0.2, -0.15) is 0 Å². The van der Waals surface area contributed by atoms with Crippen LogP contribution in [0.25, 0.3) is 10.2 Å². The number of thiazole rings is 1. The van der Waals surface area contributed by atoms with E-state index >= 15 is 0 Å². The van der Waals surface area contributed by atoms with Crippen molar-refractivity contribution in [2.75, 3.05) is 19.6 Å². The third kappa shape index (κ3) is 4.16. The molecule has 122 valence electrons. The molecule has 3 rings (SSSR count). The number of rotatable bonds is 4. The SMILES string of the molecule is CCN(Cc1nc2ccc(F)cc2s1)C1CCCNCC1.Cl. The van der Waals surface area contributed by atoms with Gasteiger partial charge in [0.2, 0.25) is 0 Å². The summed E-state index contributed by atoms with van der Waals surface area (Å²) in [6, 6.07) is 5.48. The van der Waals surface area contributed by atoms with E-state index in [-0.39, 0.29) is 18.2 Å². The van der Waals surface area contributed by atoms with Gasteiger partial charge in [0.15, 0.2) is 0 Å². The molecule has 1 aromatic heterocycles. The maximum Gasteiger partial charge on any atom is 0.124 e. The van der Waals surface area contributed by atoms with Crippen LogP contribution in [0.4, 0.5) is 4.39 Å². The molecule has 1 aliphatic heterocycles. The third-order valence-electron chi connectivity index (χ3n) is 4.20. The number of aromatic nitrogens is 1. The quantitative estimate of drug-likeness (QED) is 0.914. The summed E-state index contributed by atoms with van der Waals surface area (Å²) >= 11 is 1.62. The van der Waals surface area contributed by atoms with Gasteiger partial charge in [-0.3, -0.25) is 4.90 Å². The molecule has 22 heavy (non-hydrogen) atoms. The first kappa shape index (κ1) is 17.6. The Bertz CT molecular complexity index is 596. The van der Waals surface area contributed by atoms with Crippen molar-refractivity contribution in [3.63, 3.8) is 0 Å². The van der Waals surface area contributed by atoms with E-state index in [1.807, 2.05) is 0 Å². The second kappa shape index (κ2) is 8.20. The van der Waals surface area contributed by atoms with Gasteiger partial charge in [0.25, 0.3) is 0 Å². The van der Waals surface area contributed by atoms with E-state index in [9.17, 15) is 4.39 Å². The normalized spacial score (nSPS) is 19.1. The second-order valence-electron chi connectivity index (χ2n) is 5.62. The first-order valence-electron chi connectivity index (χ1n) is 7.76. The highest BCUT2D eigenvalue weighted by Gasteiger charge is 2.20. The Hall–Kier alpha value is -0.750. The molecule has 6 heteroatoms. The van der Waals surface area contributed by atoms with Gasteiger partial charge in [0, 0.05) is 6.04 Å². The molecule has 3 nitrogen and oxygen atoms in total. The highest BCUT2D eigenvalue weighted by molar-refractivity contribution is 7.18. The summed E-state index contributed by atoms with van der Waals surface area (Å²) in [5.41, 5.74) is 0.912. The van der Waals surface area contributed by atoms with Crippen molar-refractivity contribution in [2.24, 2.45) is 0 Å². The van der Waals surface area contributed by atoms with Crippen molar-refractivity contribution in [1.82, 2.24) is 15.2 Å². The van der Waals surface area contributed by atoms with E-state index in [0.717, 1.165) is 41.4 Å². The van der Waals surface area contributed by atoms with Crippen LogP contribution < -0.4 is 5.32 Å². The number of nitrogens with zero attached hydrogens (tertiary/aromatic N) is 2. The van der Waals surface area contributed by atoms with Crippen LogP contribution in [0.5, 0.6) is 0 Å². The Kier molecular flexibility index (Phi) is 6.56. The predicted octanol–water partition coefficient (Wildman–Crippen LogP) is 3.82. The van der Waals surface area contributed by atoms with E-state index in [4.69, 9.17) is 0 Å². The van der Waals surface area contributed by atoms with E-state index in [1.54, 1.807) is 23.5 Å². The lowest BCUT2D eigenvalue weighted by atomic mass is 10.1. The number of halogens is 2. The Labute approximate surface area is 141 Å². The van der Waals surface area contributed by atoms with Crippen LogP contribution in [-0.2, 0) is 6.54 Å². The number of fused-ring (bicyclic) bond motifs is 1. The van der Waals surface area contributed by atoms with Gasteiger partial charge in [0.05, 0.1) is 16.8 Å². The fourth-order valence-electron chi connectivity index (χ4n) is 3.05. The minimum absolute atomic E-state index is 0. The van der Waals surface area contributed by atoms with Gasteiger partial charge in [-0.25, -0.2) is 9.37 Å². The second-order valence-corrected chi connectivity index (χ2v) is 6.73. The highest BCUT2D eigenvalue weighted by Crippen LogP contribution is 2.25. The van der Waals surface area contributed by atoms with Gasteiger partial charge < -0.3 is 5.32 Å². The van der Waals surface area contributed by atoms with Gasteiger partial charge in [-0.1, -0.05) is 6.92 Å². The monoisotopic (exact) mass is 343 g/mol. The first-order chi connectivity index (χ1) is 10.3. The molecule has 1 aromatic carbocycles. The Morgan fingerprint density at radius 1 is 1.36 bits per heavy atom. The van der Waals surface area contributed by atoms with E-state index < -0.39 is 0 Å². The molecule has 1 N–H and O–H groups in total. The molecular formula is C16H23ClFN3S. The maximum atomic E-state index is 13.3. The molecule has 1 fully saturated rings. The summed E-state index contributed by atoms with van der Waals surface area (Å²) in [5, 5.41) is 4.56. The molecule has 0 spiro atoms. The topological polar surface area (TPSA) is 28.2 Å². The molecule has 1 aliphatic rings. The largest absolute Gasteiger partial charge is 0.317 e. The van der Waals surface area contributed by atoms with Crippen LogP contribution in [0.3, 0.4) is 0 Å². The molecule has 0 radical (unpaired) electrons. The fourth-order valence-corrected chi connectivity index (χ4v) is 4.07. The van der Waals surface area contributed by atoms with Gasteiger partial charge in [0.1, 0.15) is 10.8 Å². The Morgan fingerprint density at radius 3 is 3.05 bits per heavy atom. The van der Waals surface area contributed by atoms with Crippen LogP contribution >= 0.6 is 23.7 Å². The molecule has 1 atom stereocenters. The maximum absolute atomic E-state index is 13.3. The summed E-state index contributed by atoms with van der Waals surface area (Å²) in [6.07, 6.45) is 3.69. The molecule has 0 aliphatic carbocycles. The van der Waals surface area contributed by atoms with Gasteiger partial charge in [-0.05, 0) is 57.1 Å². The number of nitrogens with one attached hydrogen (secondary N) is 1. The lowest BCUT2D eigenvalue weighted by Crippen LogP contribution is -2.35. The summed E-state index contributed by atoms with van der Waals surface area (Å²) in [5.74, 6) is -0.181. The smallest absolute Gasteiger partial charge is 0.124 e. The zero-order valence-electron chi connectivity index (χ0n) is 12.8. The molecule has 1 unspecified atom stereocenters. The Morgan fingerprint density at radius 2 is 2.23 bits per heavy atom. The van der Waals surface area contributed by atoms with Crippen molar-refractivity contribution in [3.8, 4) is 0 Å². The highest BCUT2D eigenvalue weighted by atomic mass is 35.5. The van der Waals surface area contributed by atoms with Crippen LogP contribution in [-0.4, -0.2) is 35.6 Å². The lowest BCUT2D eigenvalue weighted by Gasteiger charge is -2.28. The molecule has 0 saturated carbocycles. The third-order valence-corrected chi connectivity index (χ3v) is 5.20. The average molecular weight is 344 g/mol. The molecule has 0 amide bonds. The van der Waals surface area contributed by atoms with Crippen molar-refractivity contribution in [2.45, 2.75) is 38.8 Å². The van der Waals surface area contributed by atoms with E-state index in [0.29, 0.717) is 6.04 Å².